The van der Waals surface area contributed by atoms with E-state index in [1.165, 1.54) is 6.08 Å². The van der Waals surface area contributed by atoms with Gasteiger partial charge in [-0.25, -0.2) is 4.31 Å². The fourth-order valence-electron chi connectivity index (χ4n) is 1.39. The van der Waals surface area contributed by atoms with Crippen LogP contribution in [0.4, 0.5) is 5.69 Å². The first-order valence-electron chi connectivity index (χ1n) is 4.43. The molecule has 0 unspecified atom stereocenters. The van der Waals surface area contributed by atoms with Crippen molar-refractivity contribution in [3.05, 3.63) is 42.2 Å². The standard InChI is InChI=1S/C9H10N4O2S/c10-8-6-9(11)13(16(14,15)12-8)7-4-2-1-3-5-7/h1-6H,11H2,(H2,10,12). The summed E-state index contributed by atoms with van der Waals surface area (Å²) < 4.78 is 27.8. The van der Waals surface area contributed by atoms with Crippen molar-refractivity contribution < 1.29 is 8.42 Å². The number of rotatable bonds is 1. The second-order valence-electron chi connectivity index (χ2n) is 3.16. The maximum atomic E-state index is 11.7. The number of hydrogen-bond donors (Lipinski definition) is 2. The van der Waals surface area contributed by atoms with Crippen LogP contribution >= 0.6 is 0 Å². The molecular weight excluding hydrogens is 228 g/mol. The number of para-hydroxylation sites is 1. The van der Waals surface area contributed by atoms with Crippen molar-refractivity contribution in [3.63, 3.8) is 0 Å². The first kappa shape index (κ1) is 10.5. The number of nitrogens with zero attached hydrogens (tertiary/aromatic N) is 2. The summed E-state index contributed by atoms with van der Waals surface area (Å²) in [6, 6.07) is 8.43. The Morgan fingerprint density at radius 3 is 2.31 bits per heavy atom. The number of benzene rings is 1. The zero-order chi connectivity index (χ0) is 11.8. The predicted octanol–water partition coefficient (Wildman–Crippen LogP) is -0.0913. The Balaban J connectivity index is 2.55. The molecular formula is C9H10N4O2S. The summed E-state index contributed by atoms with van der Waals surface area (Å²) in [7, 11) is -3.87. The molecule has 0 aliphatic carbocycles. The maximum Gasteiger partial charge on any atom is 0.352 e. The van der Waals surface area contributed by atoms with Gasteiger partial charge in [0.25, 0.3) is 0 Å². The van der Waals surface area contributed by atoms with Crippen LogP contribution in [0.15, 0.2) is 46.6 Å². The van der Waals surface area contributed by atoms with Crippen molar-refractivity contribution in [2.24, 2.45) is 15.9 Å². The molecule has 2 rings (SSSR count). The van der Waals surface area contributed by atoms with Crippen LogP contribution in [0.25, 0.3) is 0 Å². The number of amidine groups is 1. The highest BCUT2D eigenvalue weighted by Crippen LogP contribution is 2.23. The lowest BCUT2D eigenvalue weighted by molar-refractivity contribution is 0.596. The third-order valence-corrected chi connectivity index (χ3v) is 3.30. The smallest absolute Gasteiger partial charge is 0.352 e. The molecule has 6 nitrogen and oxygen atoms in total. The van der Waals surface area contributed by atoms with E-state index in [1.807, 2.05) is 0 Å². The van der Waals surface area contributed by atoms with E-state index >= 15 is 0 Å². The van der Waals surface area contributed by atoms with Gasteiger partial charge in [0.05, 0.1) is 5.69 Å². The van der Waals surface area contributed by atoms with Gasteiger partial charge in [-0.1, -0.05) is 18.2 Å². The van der Waals surface area contributed by atoms with Crippen molar-refractivity contribution >= 4 is 21.7 Å². The molecule has 0 bridgehead atoms. The Morgan fingerprint density at radius 2 is 1.75 bits per heavy atom. The third kappa shape index (κ3) is 1.72. The molecule has 16 heavy (non-hydrogen) atoms. The molecule has 0 fully saturated rings. The molecule has 0 aromatic heterocycles. The van der Waals surface area contributed by atoms with E-state index in [4.69, 9.17) is 11.5 Å². The van der Waals surface area contributed by atoms with Gasteiger partial charge in [-0.05, 0) is 12.1 Å². The van der Waals surface area contributed by atoms with Crippen LogP contribution in [-0.4, -0.2) is 14.3 Å². The van der Waals surface area contributed by atoms with Gasteiger partial charge in [0.1, 0.15) is 11.7 Å². The molecule has 0 spiro atoms. The van der Waals surface area contributed by atoms with Crippen LogP contribution in [0.2, 0.25) is 0 Å². The van der Waals surface area contributed by atoms with E-state index < -0.39 is 10.2 Å². The molecule has 0 saturated heterocycles. The van der Waals surface area contributed by atoms with Gasteiger partial charge in [0.15, 0.2) is 0 Å². The lowest BCUT2D eigenvalue weighted by Crippen LogP contribution is -2.38. The zero-order valence-corrected chi connectivity index (χ0v) is 9.05. The summed E-state index contributed by atoms with van der Waals surface area (Å²) >= 11 is 0. The second-order valence-corrected chi connectivity index (χ2v) is 4.61. The highest BCUT2D eigenvalue weighted by atomic mass is 32.2. The quantitative estimate of drug-likeness (QED) is 0.713. The Morgan fingerprint density at radius 1 is 1.12 bits per heavy atom. The van der Waals surface area contributed by atoms with Crippen LogP contribution in [0.1, 0.15) is 0 Å². The summed E-state index contributed by atoms with van der Waals surface area (Å²) in [5.74, 6) is -0.0941. The van der Waals surface area contributed by atoms with Crippen molar-refractivity contribution in [2.75, 3.05) is 4.31 Å². The molecule has 0 atom stereocenters. The van der Waals surface area contributed by atoms with E-state index in [2.05, 4.69) is 4.40 Å². The monoisotopic (exact) mass is 238 g/mol. The van der Waals surface area contributed by atoms with Crippen LogP contribution in [0.5, 0.6) is 0 Å². The minimum Gasteiger partial charge on any atom is -0.384 e. The fraction of sp³-hybridized carbons (Fsp3) is 0. The Kier molecular flexibility index (Phi) is 2.31. The van der Waals surface area contributed by atoms with Crippen LogP contribution in [0, 0.1) is 0 Å². The van der Waals surface area contributed by atoms with Crippen LogP contribution in [-0.2, 0) is 10.2 Å². The molecule has 4 N–H and O–H groups in total. The van der Waals surface area contributed by atoms with Crippen molar-refractivity contribution in [3.8, 4) is 0 Å². The molecule has 0 radical (unpaired) electrons. The average Bonchev–Trinajstić information content (AvgIpc) is 2.15. The largest absolute Gasteiger partial charge is 0.384 e. The fourth-order valence-corrected chi connectivity index (χ4v) is 2.50. The Bertz CT molecular complexity index is 562. The van der Waals surface area contributed by atoms with Gasteiger partial charge >= 0.3 is 10.2 Å². The van der Waals surface area contributed by atoms with Gasteiger partial charge in [0.2, 0.25) is 0 Å². The summed E-state index contributed by atoms with van der Waals surface area (Å²) in [6.07, 6.45) is 1.30. The molecule has 1 aromatic carbocycles. The highest BCUT2D eigenvalue weighted by molar-refractivity contribution is 7.92. The minimum absolute atomic E-state index is 0.0266. The van der Waals surface area contributed by atoms with Crippen LogP contribution in [0.3, 0.4) is 0 Å². The van der Waals surface area contributed by atoms with Gasteiger partial charge in [-0.3, -0.25) is 0 Å². The third-order valence-electron chi connectivity index (χ3n) is 1.97. The van der Waals surface area contributed by atoms with Gasteiger partial charge in [0, 0.05) is 6.08 Å². The van der Waals surface area contributed by atoms with Crippen molar-refractivity contribution in [2.45, 2.75) is 0 Å². The minimum atomic E-state index is -3.87. The molecule has 0 saturated carbocycles. The van der Waals surface area contributed by atoms with E-state index in [0.717, 1.165) is 4.31 Å². The highest BCUT2D eigenvalue weighted by Gasteiger charge is 2.27. The van der Waals surface area contributed by atoms with Gasteiger partial charge < -0.3 is 11.5 Å². The molecule has 84 valence electrons. The van der Waals surface area contributed by atoms with E-state index in [0.29, 0.717) is 5.69 Å². The summed E-state index contributed by atoms with van der Waals surface area (Å²) in [4.78, 5) is 0. The Hall–Kier alpha value is -2.02. The topological polar surface area (TPSA) is 102 Å². The lowest BCUT2D eigenvalue weighted by atomic mass is 10.3. The van der Waals surface area contributed by atoms with Gasteiger partial charge in [-0.2, -0.15) is 8.42 Å². The maximum absolute atomic E-state index is 11.7. The summed E-state index contributed by atoms with van der Waals surface area (Å²) in [5, 5.41) is 0. The van der Waals surface area contributed by atoms with Crippen LogP contribution < -0.4 is 15.8 Å². The molecule has 0 amide bonds. The molecule has 1 aromatic rings. The average molecular weight is 238 g/mol. The van der Waals surface area contributed by atoms with E-state index in [1.54, 1.807) is 30.3 Å². The number of nitrogens with two attached hydrogens (primary N) is 2. The number of anilines is 1. The zero-order valence-electron chi connectivity index (χ0n) is 8.24. The Labute approximate surface area is 93.1 Å². The normalized spacial score (nSPS) is 18.9. The van der Waals surface area contributed by atoms with Crippen molar-refractivity contribution in [1.82, 2.24) is 0 Å². The lowest BCUT2D eigenvalue weighted by Gasteiger charge is -2.24. The van der Waals surface area contributed by atoms with E-state index in [9.17, 15) is 8.42 Å². The SMILES string of the molecule is NC1=CC(N)=NS(=O)(=O)N1c1ccccc1. The predicted molar refractivity (Wildman–Crippen MR) is 61.7 cm³/mol. The molecule has 1 aliphatic rings. The second kappa shape index (κ2) is 3.53. The first-order chi connectivity index (χ1) is 7.50. The molecule has 1 aliphatic heterocycles. The van der Waals surface area contributed by atoms with E-state index in [-0.39, 0.29) is 11.7 Å². The van der Waals surface area contributed by atoms with Crippen molar-refractivity contribution in [1.29, 1.82) is 0 Å². The molecule has 1 heterocycles. The first-order valence-corrected chi connectivity index (χ1v) is 5.83. The van der Waals surface area contributed by atoms with Gasteiger partial charge in [-0.15, -0.1) is 4.40 Å². The number of hydrogen-bond acceptors (Lipinski definition) is 4. The molecule has 7 heteroatoms. The summed E-state index contributed by atoms with van der Waals surface area (Å²) in [6.45, 7) is 0. The summed E-state index contributed by atoms with van der Waals surface area (Å²) in [5.41, 5.74) is 11.4.